The number of nitrogens with zero attached hydrogens (tertiary/aromatic N) is 2. The normalized spacial score (nSPS) is 15.9. The molecule has 6 nitrogen and oxygen atoms in total. The minimum atomic E-state index is -4.92. The molecule has 1 amide bonds. The van der Waals surface area contributed by atoms with Crippen LogP contribution in [0.2, 0.25) is 0 Å². The number of hydrogen-bond acceptors (Lipinski definition) is 4. The van der Waals surface area contributed by atoms with E-state index in [4.69, 9.17) is 4.74 Å². The van der Waals surface area contributed by atoms with Crippen molar-refractivity contribution >= 4 is 15.9 Å². The SMILES string of the molecule is CC(C)(CCCOc1cc(C(F)(F)F)ccc1C(F)(F)F)C(=O)N1CCN(S(=O)(=O)c2cccc(F)c2)CC1. The van der Waals surface area contributed by atoms with E-state index in [1.54, 1.807) is 13.8 Å². The minimum Gasteiger partial charge on any atom is -0.493 e. The van der Waals surface area contributed by atoms with Gasteiger partial charge in [-0.05, 0) is 49.2 Å². The highest BCUT2D eigenvalue weighted by Crippen LogP contribution is 2.40. The van der Waals surface area contributed by atoms with Gasteiger partial charge in [0.25, 0.3) is 0 Å². The number of halogens is 7. The van der Waals surface area contributed by atoms with E-state index in [2.05, 4.69) is 0 Å². The van der Waals surface area contributed by atoms with Crippen molar-refractivity contribution in [2.75, 3.05) is 32.8 Å². The smallest absolute Gasteiger partial charge is 0.419 e. The molecule has 0 aliphatic carbocycles. The van der Waals surface area contributed by atoms with E-state index in [1.165, 1.54) is 17.0 Å². The molecule has 1 saturated heterocycles. The summed E-state index contributed by atoms with van der Waals surface area (Å²) in [5.74, 6) is -1.96. The standard InChI is InChI=1S/C25H27F7N2O4S/c1-23(2,9-4-14-38-21-15-17(24(27,28)29)7-8-20(21)25(30,31)32)22(35)33-10-12-34(13-11-33)39(36,37)19-6-3-5-18(26)16-19/h3,5-8,15-16H,4,9-14H2,1-2H3. The lowest BCUT2D eigenvalue weighted by molar-refractivity contribution is -0.142. The Labute approximate surface area is 221 Å². The van der Waals surface area contributed by atoms with Crippen molar-refractivity contribution < 1.29 is 48.7 Å². The van der Waals surface area contributed by atoms with E-state index >= 15 is 0 Å². The van der Waals surface area contributed by atoms with Crippen LogP contribution in [0.5, 0.6) is 5.75 Å². The molecule has 216 valence electrons. The molecule has 14 heteroatoms. The van der Waals surface area contributed by atoms with Crippen LogP contribution in [0, 0.1) is 11.2 Å². The maximum absolute atomic E-state index is 13.5. The van der Waals surface area contributed by atoms with Gasteiger partial charge in [-0.2, -0.15) is 30.6 Å². The molecule has 0 saturated carbocycles. The van der Waals surface area contributed by atoms with Gasteiger partial charge in [0, 0.05) is 31.6 Å². The van der Waals surface area contributed by atoms with Crippen LogP contribution in [-0.2, 0) is 27.2 Å². The van der Waals surface area contributed by atoms with E-state index in [1.807, 2.05) is 0 Å². The molecule has 0 spiro atoms. The molecule has 0 atom stereocenters. The van der Waals surface area contributed by atoms with E-state index in [0.717, 1.165) is 16.4 Å². The Morgan fingerprint density at radius 2 is 1.56 bits per heavy atom. The Bertz CT molecular complexity index is 1290. The molecular formula is C25H27F7N2O4S. The Balaban J connectivity index is 1.57. The van der Waals surface area contributed by atoms with Crippen molar-refractivity contribution in [3.8, 4) is 5.75 Å². The molecule has 2 aromatic carbocycles. The molecule has 1 heterocycles. The topological polar surface area (TPSA) is 66.9 Å². The quantitative estimate of drug-likeness (QED) is 0.300. The second-order valence-corrected chi connectivity index (χ2v) is 11.6. The number of alkyl halides is 6. The van der Waals surface area contributed by atoms with Crippen LogP contribution in [-0.4, -0.2) is 56.3 Å². The Hall–Kier alpha value is -2.87. The predicted octanol–water partition coefficient (Wildman–Crippen LogP) is 5.58. The maximum Gasteiger partial charge on any atom is 0.419 e. The zero-order valence-electron chi connectivity index (χ0n) is 21.1. The number of sulfonamides is 1. The summed E-state index contributed by atoms with van der Waals surface area (Å²) in [6.07, 6.45) is -9.55. The number of carbonyl (C=O) groups is 1. The molecule has 39 heavy (non-hydrogen) atoms. The van der Waals surface area contributed by atoms with Gasteiger partial charge < -0.3 is 9.64 Å². The molecule has 1 aliphatic heterocycles. The average molecular weight is 585 g/mol. The minimum absolute atomic E-state index is 0.0143. The van der Waals surface area contributed by atoms with Crippen molar-refractivity contribution in [2.24, 2.45) is 5.41 Å². The molecular weight excluding hydrogens is 557 g/mol. The van der Waals surface area contributed by atoms with Crippen molar-refractivity contribution in [1.29, 1.82) is 0 Å². The summed E-state index contributed by atoms with van der Waals surface area (Å²) in [4.78, 5) is 14.4. The van der Waals surface area contributed by atoms with Crippen molar-refractivity contribution in [3.63, 3.8) is 0 Å². The lowest BCUT2D eigenvalue weighted by atomic mass is 9.86. The lowest BCUT2D eigenvalue weighted by Crippen LogP contribution is -2.53. The number of amides is 1. The van der Waals surface area contributed by atoms with Gasteiger partial charge in [-0.1, -0.05) is 19.9 Å². The third-order valence-electron chi connectivity index (χ3n) is 6.36. The molecule has 0 N–H and O–H groups in total. The van der Waals surface area contributed by atoms with Crippen LogP contribution in [0.1, 0.15) is 37.8 Å². The fraction of sp³-hybridized carbons (Fsp3) is 0.480. The van der Waals surface area contributed by atoms with Crippen molar-refractivity contribution in [1.82, 2.24) is 9.21 Å². The highest BCUT2D eigenvalue weighted by atomic mass is 32.2. The summed E-state index contributed by atoms with van der Waals surface area (Å²) in [6.45, 7) is 2.98. The van der Waals surface area contributed by atoms with Crippen LogP contribution >= 0.6 is 0 Å². The first-order valence-electron chi connectivity index (χ1n) is 11.9. The molecule has 0 bridgehead atoms. The summed E-state index contributed by atoms with van der Waals surface area (Å²) >= 11 is 0. The molecule has 2 aromatic rings. The Kier molecular flexibility index (Phi) is 8.90. The summed E-state index contributed by atoms with van der Waals surface area (Å²) in [5.41, 5.74) is -3.62. The third-order valence-corrected chi connectivity index (χ3v) is 8.25. The number of carbonyl (C=O) groups excluding carboxylic acids is 1. The van der Waals surface area contributed by atoms with Crippen LogP contribution in [0.15, 0.2) is 47.4 Å². The van der Waals surface area contributed by atoms with Gasteiger partial charge in [-0.25, -0.2) is 12.8 Å². The summed E-state index contributed by atoms with van der Waals surface area (Å²) < 4.78 is 124. The van der Waals surface area contributed by atoms with Gasteiger partial charge >= 0.3 is 12.4 Å². The van der Waals surface area contributed by atoms with Gasteiger partial charge in [-0.3, -0.25) is 4.79 Å². The first-order chi connectivity index (χ1) is 17.9. The molecule has 3 rings (SSSR count). The number of ether oxygens (including phenoxy) is 1. The van der Waals surface area contributed by atoms with E-state index in [-0.39, 0.29) is 56.4 Å². The van der Waals surface area contributed by atoms with Gasteiger partial charge in [0.15, 0.2) is 0 Å². The van der Waals surface area contributed by atoms with Crippen LogP contribution in [0.4, 0.5) is 30.7 Å². The zero-order chi connectivity index (χ0) is 29.2. The Morgan fingerprint density at radius 3 is 2.13 bits per heavy atom. The second kappa shape index (κ2) is 11.3. The van der Waals surface area contributed by atoms with Gasteiger partial charge in [0.1, 0.15) is 11.6 Å². The number of piperazine rings is 1. The number of benzene rings is 2. The zero-order valence-corrected chi connectivity index (χ0v) is 21.9. The van der Waals surface area contributed by atoms with Crippen molar-refractivity contribution in [2.45, 2.75) is 43.9 Å². The molecule has 1 aliphatic rings. The van der Waals surface area contributed by atoms with E-state index < -0.39 is 50.5 Å². The fourth-order valence-corrected chi connectivity index (χ4v) is 5.65. The van der Waals surface area contributed by atoms with Gasteiger partial charge in [0.2, 0.25) is 15.9 Å². The van der Waals surface area contributed by atoms with Gasteiger partial charge in [0.05, 0.1) is 22.6 Å². The van der Waals surface area contributed by atoms with E-state index in [0.29, 0.717) is 18.2 Å². The Morgan fingerprint density at radius 1 is 0.923 bits per heavy atom. The summed E-state index contributed by atoms with van der Waals surface area (Å²) in [6, 6.07) is 5.55. The highest BCUT2D eigenvalue weighted by Gasteiger charge is 2.39. The third kappa shape index (κ3) is 7.41. The maximum atomic E-state index is 13.5. The van der Waals surface area contributed by atoms with Crippen LogP contribution in [0.25, 0.3) is 0 Å². The molecule has 1 fully saturated rings. The molecule has 0 aromatic heterocycles. The number of hydrogen-bond donors (Lipinski definition) is 0. The number of rotatable bonds is 8. The second-order valence-electron chi connectivity index (χ2n) is 9.70. The van der Waals surface area contributed by atoms with Gasteiger partial charge in [-0.15, -0.1) is 0 Å². The largest absolute Gasteiger partial charge is 0.493 e. The molecule has 0 unspecified atom stereocenters. The molecule has 0 radical (unpaired) electrons. The first-order valence-corrected chi connectivity index (χ1v) is 13.3. The highest BCUT2D eigenvalue weighted by molar-refractivity contribution is 7.89. The lowest BCUT2D eigenvalue weighted by Gasteiger charge is -2.38. The predicted molar refractivity (Wildman–Crippen MR) is 127 cm³/mol. The van der Waals surface area contributed by atoms with Crippen LogP contribution in [0.3, 0.4) is 0 Å². The summed E-state index contributed by atoms with van der Waals surface area (Å²) in [5, 5.41) is 0. The average Bonchev–Trinajstić information content (AvgIpc) is 2.85. The first kappa shape index (κ1) is 30.7. The monoisotopic (exact) mass is 584 g/mol. The van der Waals surface area contributed by atoms with Crippen LogP contribution < -0.4 is 4.74 Å². The van der Waals surface area contributed by atoms with E-state index in [9.17, 15) is 43.9 Å². The fourth-order valence-electron chi connectivity index (χ4n) is 4.19. The summed E-state index contributed by atoms with van der Waals surface area (Å²) in [7, 11) is -3.95. The van der Waals surface area contributed by atoms with Crippen molar-refractivity contribution in [3.05, 3.63) is 59.4 Å².